The second kappa shape index (κ2) is 48.9. The van der Waals surface area contributed by atoms with E-state index in [0.29, 0.717) is 6.42 Å². The number of unbranched alkanes of at least 4 members (excludes halogenated alkanes) is 22. The molecule has 0 spiro atoms. The summed E-state index contributed by atoms with van der Waals surface area (Å²) >= 11 is 0. The Morgan fingerprint density at radius 1 is 0.492 bits per heavy atom. The molecule has 63 heavy (non-hydrogen) atoms. The first-order chi connectivity index (χ1) is 30.8. The van der Waals surface area contributed by atoms with E-state index >= 15 is 0 Å². The maximum Gasteiger partial charge on any atom is 0.472 e. The molecule has 364 valence electrons. The van der Waals surface area contributed by atoms with Gasteiger partial charge in [0.1, 0.15) is 6.61 Å². The summed E-state index contributed by atoms with van der Waals surface area (Å²) in [5.41, 5.74) is 5.35. The fraction of sp³-hybridized carbons (Fsp3) is 0.736. The van der Waals surface area contributed by atoms with Crippen LogP contribution < -0.4 is 5.73 Å². The highest BCUT2D eigenvalue weighted by atomic mass is 31.2. The van der Waals surface area contributed by atoms with Crippen molar-refractivity contribution in [1.82, 2.24) is 0 Å². The molecular weight excluding hydrogens is 810 g/mol. The summed E-state index contributed by atoms with van der Waals surface area (Å²) in [5.74, 6) is -0.922. The van der Waals surface area contributed by atoms with Gasteiger partial charge in [-0.15, -0.1) is 0 Å². The normalized spacial score (nSPS) is 13.8. The van der Waals surface area contributed by atoms with Crippen LogP contribution in [0.4, 0.5) is 0 Å². The Labute approximate surface area is 386 Å². The van der Waals surface area contributed by atoms with Gasteiger partial charge in [-0.2, -0.15) is 0 Å². The van der Waals surface area contributed by atoms with Crippen LogP contribution in [0, 0.1) is 0 Å². The van der Waals surface area contributed by atoms with E-state index in [1.54, 1.807) is 0 Å². The summed E-state index contributed by atoms with van der Waals surface area (Å²) in [7, 11) is -4.40. The molecule has 0 aromatic rings. The predicted molar refractivity (Wildman–Crippen MR) is 266 cm³/mol. The third-order valence-corrected chi connectivity index (χ3v) is 11.6. The fourth-order valence-corrected chi connectivity index (χ4v) is 7.62. The third-order valence-electron chi connectivity index (χ3n) is 10.6. The number of phosphoric acid groups is 1. The molecule has 2 atom stereocenters. The second-order valence-corrected chi connectivity index (χ2v) is 18.1. The molecule has 0 rings (SSSR count). The lowest BCUT2D eigenvalue weighted by atomic mass is 10.0. The Bertz CT molecular complexity index is 1260. The van der Waals surface area contributed by atoms with Crippen molar-refractivity contribution >= 4 is 19.8 Å². The van der Waals surface area contributed by atoms with Crippen LogP contribution in [0.1, 0.15) is 219 Å². The number of nitrogens with two attached hydrogens (primary N) is 1. The van der Waals surface area contributed by atoms with Gasteiger partial charge in [-0.25, -0.2) is 4.57 Å². The van der Waals surface area contributed by atoms with Crippen molar-refractivity contribution in [3.05, 3.63) is 72.9 Å². The highest BCUT2D eigenvalue weighted by molar-refractivity contribution is 7.47. The zero-order chi connectivity index (χ0) is 46.0. The van der Waals surface area contributed by atoms with Crippen LogP contribution in [-0.2, 0) is 32.7 Å². The minimum absolute atomic E-state index is 0.0406. The number of ether oxygens (including phenoxy) is 2. The summed E-state index contributed by atoms with van der Waals surface area (Å²) in [6, 6.07) is 0. The molecule has 0 aliphatic carbocycles. The molecule has 10 heteroatoms. The SMILES string of the molecule is CC/C=C\C/C=C\C/C=C\C/C=C\CCC(=O)OC(COC(=O)CCCCCCCCCCCCCCCCCCC/C=C\C/C=C\CCCCCCC)COP(=O)(O)OCCN. The first-order valence-corrected chi connectivity index (χ1v) is 26.9. The first-order valence-electron chi connectivity index (χ1n) is 25.4. The number of allylic oxidation sites excluding steroid dienone is 12. The lowest BCUT2D eigenvalue weighted by Gasteiger charge is -2.19. The zero-order valence-electron chi connectivity index (χ0n) is 40.3. The third kappa shape index (κ3) is 48.7. The van der Waals surface area contributed by atoms with E-state index in [1.807, 2.05) is 12.2 Å². The van der Waals surface area contributed by atoms with Gasteiger partial charge in [-0.3, -0.25) is 18.6 Å². The fourth-order valence-electron chi connectivity index (χ4n) is 6.86. The summed E-state index contributed by atoms with van der Waals surface area (Å²) in [6.45, 7) is 3.53. The smallest absolute Gasteiger partial charge is 0.462 e. The molecule has 0 saturated heterocycles. The van der Waals surface area contributed by atoms with Crippen LogP contribution in [0.15, 0.2) is 72.9 Å². The Morgan fingerprint density at radius 2 is 0.905 bits per heavy atom. The molecule has 0 aromatic carbocycles. The first kappa shape index (κ1) is 60.5. The van der Waals surface area contributed by atoms with Crippen molar-refractivity contribution in [2.45, 2.75) is 225 Å². The van der Waals surface area contributed by atoms with Gasteiger partial charge in [0.2, 0.25) is 0 Å². The minimum Gasteiger partial charge on any atom is -0.462 e. The van der Waals surface area contributed by atoms with Crippen LogP contribution in [0.2, 0.25) is 0 Å². The predicted octanol–water partition coefficient (Wildman–Crippen LogP) is 15.4. The molecule has 0 heterocycles. The summed E-state index contributed by atoms with van der Waals surface area (Å²) in [6.07, 6.45) is 61.3. The van der Waals surface area contributed by atoms with Gasteiger partial charge in [-0.1, -0.05) is 209 Å². The summed E-state index contributed by atoms with van der Waals surface area (Å²) in [4.78, 5) is 34.9. The molecule has 0 saturated carbocycles. The van der Waals surface area contributed by atoms with E-state index in [1.165, 1.54) is 135 Å². The zero-order valence-corrected chi connectivity index (χ0v) is 41.2. The number of hydrogen-bond donors (Lipinski definition) is 2. The van der Waals surface area contributed by atoms with Crippen LogP contribution in [-0.4, -0.2) is 49.3 Å². The van der Waals surface area contributed by atoms with Gasteiger partial charge in [0.05, 0.1) is 13.2 Å². The maximum atomic E-state index is 12.5. The number of rotatable bonds is 47. The van der Waals surface area contributed by atoms with Crippen molar-refractivity contribution in [2.24, 2.45) is 5.73 Å². The highest BCUT2D eigenvalue weighted by Gasteiger charge is 2.25. The standard InChI is InChI=1S/C53H94NO8P/c1-3-5-7-9-11-13-15-17-18-19-20-21-22-23-24-25-26-27-28-29-30-31-32-34-35-37-39-41-43-45-52(55)59-49-51(50-61-63(57,58)60-48-47-54)62-53(56)46-44-42-40-38-36-33-16-14-12-10-8-6-4-2/h6,8,12,14-15,17,19-20,33,36,40,42,51H,3-5,7,9-11,13,16,18,21-32,34-35,37-39,41,43-50,54H2,1-2H3,(H,57,58)/b8-6-,14-12-,17-15-,20-19-,36-33-,42-40-. The topological polar surface area (TPSA) is 134 Å². The van der Waals surface area contributed by atoms with Crippen molar-refractivity contribution in [1.29, 1.82) is 0 Å². The number of esters is 2. The molecule has 0 amide bonds. The van der Waals surface area contributed by atoms with Crippen molar-refractivity contribution in [3.63, 3.8) is 0 Å². The van der Waals surface area contributed by atoms with Gasteiger partial charge in [0.15, 0.2) is 6.10 Å². The average molecular weight is 904 g/mol. The number of carbonyl (C=O) groups excluding carboxylic acids is 2. The molecule has 2 unspecified atom stereocenters. The Kier molecular flexibility index (Phi) is 46.9. The molecule has 0 aliphatic heterocycles. The average Bonchev–Trinajstić information content (AvgIpc) is 3.27. The van der Waals surface area contributed by atoms with Gasteiger partial charge < -0.3 is 20.1 Å². The van der Waals surface area contributed by atoms with E-state index in [-0.39, 0.29) is 32.6 Å². The molecule has 0 bridgehead atoms. The van der Waals surface area contributed by atoms with Crippen LogP contribution in [0.3, 0.4) is 0 Å². The molecule has 0 aromatic heterocycles. The van der Waals surface area contributed by atoms with Crippen LogP contribution in [0.25, 0.3) is 0 Å². The van der Waals surface area contributed by atoms with E-state index < -0.39 is 32.5 Å². The Morgan fingerprint density at radius 3 is 1.37 bits per heavy atom. The minimum atomic E-state index is -4.40. The number of phosphoric ester groups is 1. The quantitative estimate of drug-likeness (QED) is 0.0265. The molecular formula is C53H94NO8P. The second-order valence-electron chi connectivity index (χ2n) is 16.7. The maximum absolute atomic E-state index is 12.5. The molecule has 0 radical (unpaired) electrons. The molecule has 3 N–H and O–H groups in total. The van der Waals surface area contributed by atoms with E-state index in [9.17, 15) is 19.0 Å². The van der Waals surface area contributed by atoms with Crippen LogP contribution in [0.5, 0.6) is 0 Å². The van der Waals surface area contributed by atoms with Crippen molar-refractivity contribution in [3.8, 4) is 0 Å². The summed E-state index contributed by atoms with van der Waals surface area (Å²) < 4.78 is 32.7. The Hall–Kier alpha value is -2.55. The Balaban J connectivity index is 3.96. The lowest BCUT2D eigenvalue weighted by Crippen LogP contribution is -2.29. The van der Waals surface area contributed by atoms with E-state index in [0.717, 1.165) is 51.4 Å². The monoisotopic (exact) mass is 904 g/mol. The highest BCUT2D eigenvalue weighted by Crippen LogP contribution is 2.43. The van der Waals surface area contributed by atoms with Gasteiger partial charge in [0, 0.05) is 19.4 Å². The van der Waals surface area contributed by atoms with Gasteiger partial charge in [0.25, 0.3) is 0 Å². The lowest BCUT2D eigenvalue weighted by molar-refractivity contribution is -0.161. The number of hydrogen-bond acceptors (Lipinski definition) is 8. The van der Waals surface area contributed by atoms with Gasteiger partial charge in [-0.05, 0) is 70.6 Å². The molecule has 9 nitrogen and oxygen atoms in total. The van der Waals surface area contributed by atoms with Crippen molar-refractivity contribution in [2.75, 3.05) is 26.4 Å². The van der Waals surface area contributed by atoms with E-state index in [4.69, 9.17) is 24.3 Å². The van der Waals surface area contributed by atoms with Gasteiger partial charge >= 0.3 is 19.8 Å². The van der Waals surface area contributed by atoms with Crippen LogP contribution >= 0.6 is 7.82 Å². The summed E-state index contributed by atoms with van der Waals surface area (Å²) in [5, 5.41) is 0. The largest absolute Gasteiger partial charge is 0.472 e. The van der Waals surface area contributed by atoms with E-state index in [2.05, 4.69) is 74.6 Å². The molecule has 0 aliphatic rings. The molecule has 0 fully saturated rings. The number of carbonyl (C=O) groups is 2. The van der Waals surface area contributed by atoms with Crippen molar-refractivity contribution < 1.29 is 37.6 Å².